The summed E-state index contributed by atoms with van der Waals surface area (Å²) in [6.07, 6.45) is -0.406. The molecule has 0 spiro atoms. The standard InChI is InChI=1S/C18H20N4O6/c1-19-18(27)28-9-8-21(2)11-5-3-4-10-14(11)17(26)22(16(10)25)12-6-7-13(23)20-15(12)24/h3-5,12H,6-9H2,1-2H3,(H,19,27)(H,20,23,24). The van der Waals surface area contributed by atoms with Crippen molar-refractivity contribution in [2.24, 2.45) is 0 Å². The van der Waals surface area contributed by atoms with E-state index in [1.165, 1.54) is 13.1 Å². The molecule has 10 heteroatoms. The maximum absolute atomic E-state index is 13.0. The van der Waals surface area contributed by atoms with Crippen LogP contribution in [0.3, 0.4) is 0 Å². The topological polar surface area (TPSA) is 125 Å². The SMILES string of the molecule is CNC(=O)OCCN(C)c1cccc2c1C(=O)N(C1CCC(=O)NC1=O)C2=O. The van der Waals surface area contributed by atoms with Crippen molar-refractivity contribution in [2.45, 2.75) is 18.9 Å². The molecule has 0 saturated carbocycles. The van der Waals surface area contributed by atoms with Crippen LogP contribution < -0.4 is 15.5 Å². The number of rotatable bonds is 5. The molecule has 1 saturated heterocycles. The van der Waals surface area contributed by atoms with Crippen LogP contribution in [0.25, 0.3) is 0 Å². The van der Waals surface area contributed by atoms with Gasteiger partial charge in [-0.1, -0.05) is 6.07 Å². The zero-order chi connectivity index (χ0) is 20.4. The lowest BCUT2D eigenvalue weighted by Crippen LogP contribution is -2.54. The van der Waals surface area contributed by atoms with E-state index in [2.05, 4.69) is 10.6 Å². The number of nitrogens with one attached hydrogen (secondary N) is 2. The van der Waals surface area contributed by atoms with Crippen molar-refractivity contribution in [1.82, 2.24) is 15.5 Å². The summed E-state index contributed by atoms with van der Waals surface area (Å²) in [6, 6.07) is 3.83. The Hall–Kier alpha value is -3.43. The summed E-state index contributed by atoms with van der Waals surface area (Å²) in [6.45, 7) is 0.378. The van der Waals surface area contributed by atoms with Gasteiger partial charge in [-0.05, 0) is 18.6 Å². The third kappa shape index (κ3) is 3.40. The summed E-state index contributed by atoms with van der Waals surface area (Å²) in [7, 11) is 3.15. The fourth-order valence-corrected chi connectivity index (χ4v) is 3.28. The number of benzene rings is 1. The Labute approximate surface area is 160 Å². The molecule has 1 atom stereocenters. The minimum absolute atomic E-state index is 0.0629. The molecule has 3 rings (SSSR count). The summed E-state index contributed by atoms with van der Waals surface area (Å²) in [5.74, 6) is -2.22. The lowest BCUT2D eigenvalue weighted by atomic mass is 10.0. The molecule has 2 heterocycles. The third-order valence-corrected chi connectivity index (χ3v) is 4.72. The molecule has 148 valence electrons. The van der Waals surface area contributed by atoms with Gasteiger partial charge in [0.2, 0.25) is 11.8 Å². The van der Waals surface area contributed by atoms with Gasteiger partial charge in [0.15, 0.2) is 0 Å². The van der Waals surface area contributed by atoms with E-state index < -0.39 is 35.8 Å². The van der Waals surface area contributed by atoms with Gasteiger partial charge in [0, 0.05) is 20.5 Å². The van der Waals surface area contributed by atoms with Crippen molar-refractivity contribution in [2.75, 3.05) is 32.1 Å². The van der Waals surface area contributed by atoms with Crippen LogP contribution in [-0.4, -0.2) is 67.9 Å². The van der Waals surface area contributed by atoms with E-state index in [0.717, 1.165) is 4.90 Å². The highest BCUT2D eigenvalue weighted by Gasteiger charge is 2.45. The fourth-order valence-electron chi connectivity index (χ4n) is 3.28. The monoisotopic (exact) mass is 388 g/mol. The Balaban J connectivity index is 1.83. The van der Waals surface area contributed by atoms with Crippen LogP contribution in [0.2, 0.25) is 0 Å². The van der Waals surface area contributed by atoms with Gasteiger partial charge < -0.3 is 15.0 Å². The molecule has 0 bridgehead atoms. The molecule has 28 heavy (non-hydrogen) atoms. The van der Waals surface area contributed by atoms with Crippen molar-refractivity contribution >= 4 is 35.4 Å². The van der Waals surface area contributed by atoms with Crippen LogP contribution in [-0.2, 0) is 14.3 Å². The van der Waals surface area contributed by atoms with Gasteiger partial charge in [0.05, 0.1) is 23.4 Å². The number of imide groups is 2. The van der Waals surface area contributed by atoms with Crippen molar-refractivity contribution in [3.05, 3.63) is 29.3 Å². The van der Waals surface area contributed by atoms with Crippen molar-refractivity contribution in [1.29, 1.82) is 0 Å². The number of hydrogen-bond donors (Lipinski definition) is 2. The number of carbonyl (C=O) groups is 5. The molecule has 0 radical (unpaired) electrons. The number of carbonyl (C=O) groups excluding carboxylic acids is 5. The van der Waals surface area contributed by atoms with Crippen LogP contribution in [0, 0.1) is 0 Å². The van der Waals surface area contributed by atoms with Gasteiger partial charge in [0.25, 0.3) is 11.8 Å². The molecule has 1 aromatic rings. The van der Waals surface area contributed by atoms with E-state index >= 15 is 0 Å². The first-order chi connectivity index (χ1) is 13.3. The average Bonchev–Trinajstić information content (AvgIpc) is 2.92. The summed E-state index contributed by atoms with van der Waals surface area (Å²) in [5.41, 5.74) is 0.886. The van der Waals surface area contributed by atoms with E-state index in [4.69, 9.17) is 4.74 Å². The van der Waals surface area contributed by atoms with Crippen LogP contribution in [0.5, 0.6) is 0 Å². The molecule has 10 nitrogen and oxygen atoms in total. The maximum atomic E-state index is 13.0. The smallest absolute Gasteiger partial charge is 0.406 e. The lowest BCUT2D eigenvalue weighted by Gasteiger charge is -2.28. The van der Waals surface area contributed by atoms with Gasteiger partial charge in [-0.25, -0.2) is 4.79 Å². The number of ether oxygens (including phenoxy) is 1. The van der Waals surface area contributed by atoms with Gasteiger partial charge in [0.1, 0.15) is 12.6 Å². The predicted molar refractivity (Wildman–Crippen MR) is 96.8 cm³/mol. The highest BCUT2D eigenvalue weighted by molar-refractivity contribution is 6.25. The minimum atomic E-state index is -1.01. The number of fused-ring (bicyclic) bond motifs is 1. The Morgan fingerprint density at radius 2 is 2.04 bits per heavy atom. The molecule has 1 aromatic carbocycles. The van der Waals surface area contributed by atoms with Crippen LogP contribution >= 0.6 is 0 Å². The van der Waals surface area contributed by atoms with E-state index in [1.807, 2.05) is 0 Å². The summed E-state index contributed by atoms with van der Waals surface area (Å²) in [4.78, 5) is 63.1. The van der Waals surface area contributed by atoms with Crippen LogP contribution in [0.4, 0.5) is 10.5 Å². The zero-order valence-corrected chi connectivity index (χ0v) is 15.5. The maximum Gasteiger partial charge on any atom is 0.406 e. The molecule has 2 N–H and O–H groups in total. The van der Waals surface area contributed by atoms with E-state index in [1.54, 1.807) is 24.1 Å². The highest BCUT2D eigenvalue weighted by atomic mass is 16.5. The van der Waals surface area contributed by atoms with E-state index in [-0.39, 0.29) is 30.6 Å². The Morgan fingerprint density at radius 3 is 2.71 bits per heavy atom. The second-order valence-electron chi connectivity index (χ2n) is 6.45. The second kappa shape index (κ2) is 7.67. The number of nitrogens with zero attached hydrogens (tertiary/aromatic N) is 2. The Kier molecular flexibility index (Phi) is 5.30. The largest absolute Gasteiger partial charge is 0.448 e. The number of amides is 5. The predicted octanol–water partition coefficient (Wildman–Crippen LogP) is -0.120. The highest BCUT2D eigenvalue weighted by Crippen LogP contribution is 2.33. The molecule has 2 aliphatic rings. The van der Waals surface area contributed by atoms with Gasteiger partial charge in [-0.2, -0.15) is 0 Å². The normalized spacial score (nSPS) is 18.6. The van der Waals surface area contributed by atoms with Crippen LogP contribution in [0.15, 0.2) is 18.2 Å². The molecule has 5 amide bonds. The summed E-state index contributed by atoms with van der Waals surface area (Å²) < 4.78 is 4.95. The average molecular weight is 388 g/mol. The lowest BCUT2D eigenvalue weighted by molar-refractivity contribution is -0.136. The first-order valence-electron chi connectivity index (χ1n) is 8.75. The quantitative estimate of drug-likeness (QED) is 0.674. The summed E-state index contributed by atoms with van der Waals surface area (Å²) in [5, 5.41) is 4.50. The van der Waals surface area contributed by atoms with Crippen LogP contribution in [0.1, 0.15) is 33.6 Å². The van der Waals surface area contributed by atoms with Crippen molar-refractivity contribution in [3.63, 3.8) is 0 Å². The van der Waals surface area contributed by atoms with Crippen molar-refractivity contribution < 1.29 is 28.7 Å². The molecule has 0 aliphatic carbocycles. The van der Waals surface area contributed by atoms with Crippen molar-refractivity contribution in [3.8, 4) is 0 Å². The molecular weight excluding hydrogens is 368 g/mol. The van der Waals surface area contributed by atoms with E-state index in [9.17, 15) is 24.0 Å². The molecule has 1 fully saturated rings. The minimum Gasteiger partial charge on any atom is -0.448 e. The number of likely N-dealkylation sites (N-methyl/N-ethyl adjacent to an activating group) is 1. The molecule has 1 unspecified atom stereocenters. The molecular formula is C18H20N4O6. The molecule has 0 aromatic heterocycles. The third-order valence-electron chi connectivity index (χ3n) is 4.72. The number of piperidine rings is 1. The first-order valence-corrected chi connectivity index (χ1v) is 8.75. The zero-order valence-electron chi connectivity index (χ0n) is 15.5. The Morgan fingerprint density at radius 1 is 1.29 bits per heavy atom. The first kappa shape index (κ1) is 19.3. The Bertz CT molecular complexity index is 868. The molecule has 2 aliphatic heterocycles. The number of anilines is 1. The number of alkyl carbamates (subject to hydrolysis) is 1. The van der Waals surface area contributed by atoms with Gasteiger partial charge >= 0.3 is 6.09 Å². The number of hydrogen-bond acceptors (Lipinski definition) is 7. The summed E-state index contributed by atoms with van der Waals surface area (Å²) >= 11 is 0. The fraction of sp³-hybridized carbons (Fsp3) is 0.389. The van der Waals surface area contributed by atoms with Gasteiger partial charge in [-0.15, -0.1) is 0 Å². The second-order valence-corrected chi connectivity index (χ2v) is 6.45. The van der Waals surface area contributed by atoms with Gasteiger partial charge in [-0.3, -0.25) is 29.4 Å². The van der Waals surface area contributed by atoms with E-state index in [0.29, 0.717) is 12.2 Å².